The van der Waals surface area contributed by atoms with Gasteiger partial charge in [-0.1, -0.05) is 12.1 Å². The molecule has 2 rings (SSSR count). The van der Waals surface area contributed by atoms with Gasteiger partial charge in [0.25, 0.3) is 0 Å². The molecule has 1 amide bonds. The van der Waals surface area contributed by atoms with E-state index in [-0.39, 0.29) is 18.1 Å². The summed E-state index contributed by atoms with van der Waals surface area (Å²) >= 11 is 0. The van der Waals surface area contributed by atoms with Crippen molar-refractivity contribution in [3.8, 4) is 23.0 Å². The van der Waals surface area contributed by atoms with Crippen molar-refractivity contribution < 1.29 is 24.1 Å². The van der Waals surface area contributed by atoms with E-state index in [1.54, 1.807) is 36.4 Å². The highest BCUT2D eigenvalue weighted by molar-refractivity contribution is 5.84. The molecule has 26 heavy (non-hydrogen) atoms. The number of nitrogens with one attached hydrogen (secondary N) is 1. The Morgan fingerprint density at radius 2 is 1.69 bits per heavy atom. The molecule has 0 fully saturated rings. The molecule has 0 bridgehead atoms. The number of phenols is 1. The molecule has 0 aliphatic carbocycles. The molecule has 0 heterocycles. The standard InChI is InChI=1S/C19H22N2O5/c1-24-16-10-14(11-17(25-2)19(16)26-3)12-20-21-18(23)9-6-13-4-7-15(22)8-5-13/h4-5,7-8,10-12,22H,6,9H2,1-3H3,(H,21,23). The largest absolute Gasteiger partial charge is 0.508 e. The number of phenolic OH excluding ortho intramolecular Hbond substituents is 1. The van der Waals surface area contributed by atoms with Gasteiger partial charge >= 0.3 is 0 Å². The van der Waals surface area contributed by atoms with Gasteiger partial charge in [-0.3, -0.25) is 4.79 Å². The number of amides is 1. The molecular formula is C19H22N2O5. The van der Waals surface area contributed by atoms with Crippen LogP contribution >= 0.6 is 0 Å². The Hall–Kier alpha value is -3.22. The molecule has 7 heteroatoms. The summed E-state index contributed by atoms with van der Waals surface area (Å²) in [5.41, 5.74) is 4.14. The summed E-state index contributed by atoms with van der Waals surface area (Å²) in [6, 6.07) is 10.2. The third-order valence-electron chi connectivity index (χ3n) is 3.67. The van der Waals surface area contributed by atoms with Crippen LogP contribution in [0.1, 0.15) is 17.5 Å². The molecule has 7 nitrogen and oxygen atoms in total. The van der Waals surface area contributed by atoms with Crippen molar-refractivity contribution >= 4 is 12.1 Å². The van der Waals surface area contributed by atoms with E-state index in [1.165, 1.54) is 27.5 Å². The number of rotatable bonds is 8. The summed E-state index contributed by atoms with van der Waals surface area (Å²) < 4.78 is 15.8. The lowest BCUT2D eigenvalue weighted by Gasteiger charge is -2.12. The normalized spacial score (nSPS) is 10.6. The number of hydrazone groups is 1. The maximum atomic E-state index is 11.9. The van der Waals surface area contributed by atoms with Crippen LogP contribution in [0.4, 0.5) is 0 Å². The van der Waals surface area contributed by atoms with Gasteiger partial charge in [-0.2, -0.15) is 5.10 Å². The highest BCUT2D eigenvalue weighted by Crippen LogP contribution is 2.37. The molecule has 2 aromatic rings. The minimum Gasteiger partial charge on any atom is -0.508 e. The van der Waals surface area contributed by atoms with Crippen LogP contribution in [0, 0.1) is 0 Å². The fourth-order valence-electron chi connectivity index (χ4n) is 2.33. The van der Waals surface area contributed by atoms with Gasteiger partial charge in [0, 0.05) is 12.0 Å². The first-order valence-electron chi connectivity index (χ1n) is 7.97. The predicted octanol–water partition coefficient (Wildman–Crippen LogP) is 2.50. The molecule has 0 spiro atoms. The molecule has 0 atom stereocenters. The van der Waals surface area contributed by atoms with Crippen molar-refractivity contribution in [3.05, 3.63) is 47.5 Å². The summed E-state index contributed by atoms with van der Waals surface area (Å²) in [7, 11) is 4.59. The number of ether oxygens (including phenoxy) is 3. The first kappa shape index (κ1) is 19.1. The average molecular weight is 358 g/mol. The molecule has 2 aromatic carbocycles. The second-order valence-corrected chi connectivity index (χ2v) is 5.42. The second-order valence-electron chi connectivity index (χ2n) is 5.42. The minimum atomic E-state index is -0.207. The first-order chi connectivity index (χ1) is 12.6. The molecule has 0 aliphatic rings. The van der Waals surface area contributed by atoms with Crippen LogP contribution in [0.25, 0.3) is 0 Å². The minimum absolute atomic E-state index is 0.202. The van der Waals surface area contributed by atoms with E-state index in [1.807, 2.05) is 0 Å². The van der Waals surface area contributed by atoms with Gasteiger partial charge in [-0.05, 0) is 36.2 Å². The summed E-state index contributed by atoms with van der Waals surface area (Å²) in [6.07, 6.45) is 2.35. The van der Waals surface area contributed by atoms with Crippen LogP contribution in [0.2, 0.25) is 0 Å². The van der Waals surface area contributed by atoms with E-state index in [0.29, 0.717) is 29.2 Å². The Bertz CT molecular complexity index is 747. The van der Waals surface area contributed by atoms with Gasteiger partial charge in [0.15, 0.2) is 11.5 Å². The van der Waals surface area contributed by atoms with Gasteiger partial charge in [-0.25, -0.2) is 5.43 Å². The third-order valence-corrected chi connectivity index (χ3v) is 3.67. The van der Waals surface area contributed by atoms with Crippen molar-refractivity contribution in [2.75, 3.05) is 21.3 Å². The number of aromatic hydroxyl groups is 1. The number of carbonyl (C=O) groups excluding carboxylic acids is 1. The molecule has 0 aromatic heterocycles. The smallest absolute Gasteiger partial charge is 0.240 e. The highest BCUT2D eigenvalue weighted by atomic mass is 16.5. The quantitative estimate of drug-likeness (QED) is 0.559. The van der Waals surface area contributed by atoms with Gasteiger partial charge < -0.3 is 19.3 Å². The summed E-state index contributed by atoms with van der Waals surface area (Å²) in [5, 5.41) is 13.2. The Labute approximate surface area is 152 Å². The second kappa shape index (κ2) is 9.31. The topological polar surface area (TPSA) is 89.4 Å². The number of hydrogen-bond donors (Lipinski definition) is 2. The van der Waals surface area contributed by atoms with Crippen molar-refractivity contribution in [1.82, 2.24) is 5.43 Å². The predicted molar refractivity (Wildman–Crippen MR) is 98.3 cm³/mol. The number of benzene rings is 2. The van der Waals surface area contributed by atoms with Crippen LogP contribution in [0.5, 0.6) is 23.0 Å². The lowest BCUT2D eigenvalue weighted by Crippen LogP contribution is -2.17. The monoisotopic (exact) mass is 358 g/mol. The number of aryl methyl sites for hydroxylation is 1. The van der Waals surface area contributed by atoms with Crippen molar-refractivity contribution in [2.45, 2.75) is 12.8 Å². The number of nitrogens with zero attached hydrogens (tertiary/aromatic N) is 1. The van der Waals surface area contributed by atoms with Crippen LogP contribution < -0.4 is 19.6 Å². The van der Waals surface area contributed by atoms with Crippen LogP contribution in [-0.2, 0) is 11.2 Å². The lowest BCUT2D eigenvalue weighted by atomic mass is 10.1. The Kier molecular flexibility index (Phi) is 6.84. The van der Waals surface area contributed by atoms with E-state index in [2.05, 4.69) is 10.5 Å². The molecule has 0 aliphatic heterocycles. The summed E-state index contributed by atoms with van der Waals surface area (Å²) in [6.45, 7) is 0. The number of hydrogen-bond acceptors (Lipinski definition) is 6. The Balaban J connectivity index is 1.94. The molecule has 0 unspecified atom stereocenters. The highest BCUT2D eigenvalue weighted by Gasteiger charge is 2.12. The van der Waals surface area contributed by atoms with Crippen molar-refractivity contribution in [2.24, 2.45) is 5.10 Å². The van der Waals surface area contributed by atoms with Gasteiger partial charge in [0.2, 0.25) is 11.7 Å². The lowest BCUT2D eigenvalue weighted by molar-refractivity contribution is -0.121. The first-order valence-corrected chi connectivity index (χ1v) is 7.97. The SMILES string of the molecule is COc1cc(C=NNC(=O)CCc2ccc(O)cc2)cc(OC)c1OC. The zero-order valence-electron chi connectivity index (χ0n) is 15.0. The number of methoxy groups -OCH3 is 3. The summed E-state index contributed by atoms with van der Waals surface area (Å²) in [5.74, 6) is 1.50. The van der Waals surface area contributed by atoms with E-state index < -0.39 is 0 Å². The molecule has 2 N–H and O–H groups in total. The zero-order chi connectivity index (χ0) is 18.9. The molecule has 0 saturated carbocycles. The van der Waals surface area contributed by atoms with E-state index >= 15 is 0 Å². The third kappa shape index (κ3) is 5.14. The Morgan fingerprint density at radius 3 is 2.23 bits per heavy atom. The van der Waals surface area contributed by atoms with Gasteiger partial charge in [-0.15, -0.1) is 0 Å². The zero-order valence-corrected chi connectivity index (χ0v) is 15.0. The van der Waals surface area contributed by atoms with E-state index in [9.17, 15) is 9.90 Å². The Morgan fingerprint density at radius 1 is 1.08 bits per heavy atom. The summed E-state index contributed by atoms with van der Waals surface area (Å²) in [4.78, 5) is 11.9. The molecular weight excluding hydrogens is 336 g/mol. The van der Waals surface area contributed by atoms with E-state index in [0.717, 1.165) is 5.56 Å². The molecule has 138 valence electrons. The van der Waals surface area contributed by atoms with Crippen molar-refractivity contribution in [3.63, 3.8) is 0 Å². The van der Waals surface area contributed by atoms with Gasteiger partial charge in [0.1, 0.15) is 5.75 Å². The maximum Gasteiger partial charge on any atom is 0.240 e. The van der Waals surface area contributed by atoms with E-state index in [4.69, 9.17) is 14.2 Å². The van der Waals surface area contributed by atoms with Crippen LogP contribution in [0.3, 0.4) is 0 Å². The van der Waals surface area contributed by atoms with Crippen LogP contribution in [-0.4, -0.2) is 38.6 Å². The fraction of sp³-hybridized carbons (Fsp3) is 0.263. The fourth-order valence-corrected chi connectivity index (χ4v) is 2.33. The number of carbonyl (C=O) groups is 1. The molecule has 0 radical (unpaired) electrons. The van der Waals surface area contributed by atoms with Crippen molar-refractivity contribution in [1.29, 1.82) is 0 Å². The average Bonchev–Trinajstić information content (AvgIpc) is 2.66. The van der Waals surface area contributed by atoms with Crippen LogP contribution in [0.15, 0.2) is 41.5 Å². The molecule has 0 saturated heterocycles. The van der Waals surface area contributed by atoms with Gasteiger partial charge in [0.05, 0.1) is 27.5 Å². The maximum absolute atomic E-state index is 11.9.